The molecule has 1 amide bonds. The van der Waals surface area contributed by atoms with E-state index in [9.17, 15) is 9.59 Å². The number of amides is 1. The van der Waals surface area contributed by atoms with E-state index in [0.29, 0.717) is 11.6 Å². The van der Waals surface area contributed by atoms with Crippen LogP contribution in [0.3, 0.4) is 0 Å². The third kappa shape index (κ3) is 3.80. The van der Waals surface area contributed by atoms with Gasteiger partial charge in [0.05, 0.1) is 6.54 Å². The van der Waals surface area contributed by atoms with Gasteiger partial charge in [-0.3, -0.25) is 9.59 Å². The number of carbonyl (C=O) groups is 1. The number of hydrogen-bond donors (Lipinski definition) is 0. The second-order valence-corrected chi connectivity index (χ2v) is 6.12. The first-order chi connectivity index (χ1) is 12.1. The molecule has 0 N–H and O–H groups in total. The Bertz CT molecular complexity index is 934. The van der Waals surface area contributed by atoms with Gasteiger partial charge in [0.2, 0.25) is 0 Å². The molecular weight excluding hydrogens is 336 g/mol. The highest BCUT2D eigenvalue weighted by Gasteiger charge is 2.17. The van der Waals surface area contributed by atoms with Crippen LogP contribution in [-0.4, -0.2) is 17.5 Å². The second-order valence-electron chi connectivity index (χ2n) is 5.68. The van der Waals surface area contributed by atoms with Crippen LogP contribution >= 0.6 is 11.6 Å². The predicted octanol–water partition coefficient (Wildman–Crippen LogP) is 3.83. The first-order valence-corrected chi connectivity index (χ1v) is 8.21. The fraction of sp³-hybridized carbons (Fsp3) is 0.100. The Hall–Kier alpha value is -2.85. The van der Waals surface area contributed by atoms with Gasteiger partial charge in [0.25, 0.3) is 11.5 Å². The van der Waals surface area contributed by atoms with E-state index in [1.807, 2.05) is 42.5 Å². The van der Waals surface area contributed by atoms with E-state index in [1.54, 1.807) is 37.5 Å². The predicted molar refractivity (Wildman–Crippen MR) is 100 cm³/mol. The lowest BCUT2D eigenvalue weighted by molar-refractivity contribution is 0.0991. The molecule has 5 heteroatoms. The number of rotatable bonds is 4. The number of benzene rings is 2. The molecule has 0 unspecified atom stereocenters. The molecule has 0 aliphatic carbocycles. The van der Waals surface area contributed by atoms with Crippen molar-refractivity contribution in [1.29, 1.82) is 0 Å². The Labute approximate surface area is 150 Å². The van der Waals surface area contributed by atoms with Crippen LogP contribution in [0.2, 0.25) is 5.02 Å². The van der Waals surface area contributed by atoms with Gasteiger partial charge in [0.1, 0.15) is 5.56 Å². The van der Waals surface area contributed by atoms with Crippen LogP contribution in [0, 0.1) is 0 Å². The molecule has 0 aliphatic rings. The summed E-state index contributed by atoms with van der Waals surface area (Å²) in [6.07, 6.45) is 1.68. The fourth-order valence-electron chi connectivity index (χ4n) is 2.56. The number of para-hydroxylation sites is 1. The van der Waals surface area contributed by atoms with Gasteiger partial charge >= 0.3 is 0 Å². The largest absolute Gasteiger partial charge is 0.311 e. The maximum atomic E-state index is 12.7. The normalized spacial score (nSPS) is 10.5. The van der Waals surface area contributed by atoms with Crippen LogP contribution in [0.15, 0.2) is 77.7 Å². The number of anilines is 1. The number of carbonyl (C=O) groups excluding carboxylic acids is 1. The highest BCUT2D eigenvalue weighted by Crippen LogP contribution is 2.14. The Morgan fingerprint density at radius 1 is 1.00 bits per heavy atom. The second kappa shape index (κ2) is 7.36. The van der Waals surface area contributed by atoms with Crippen molar-refractivity contribution in [3.63, 3.8) is 0 Å². The van der Waals surface area contributed by atoms with Gasteiger partial charge in [-0.1, -0.05) is 41.9 Å². The molecule has 3 rings (SSSR count). The van der Waals surface area contributed by atoms with Crippen LogP contribution in [0.5, 0.6) is 0 Å². The summed E-state index contributed by atoms with van der Waals surface area (Å²) in [4.78, 5) is 26.9. The number of pyridine rings is 1. The van der Waals surface area contributed by atoms with E-state index in [0.717, 1.165) is 11.3 Å². The molecule has 1 heterocycles. The van der Waals surface area contributed by atoms with Crippen LogP contribution in [0.4, 0.5) is 5.69 Å². The number of hydrogen-bond acceptors (Lipinski definition) is 2. The summed E-state index contributed by atoms with van der Waals surface area (Å²) in [5.74, 6) is -0.332. The van der Waals surface area contributed by atoms with Crippen LogP contribution < -0.4 is 10.5 Å². The molecule has 0 bridgehead atoms. The van der Waals surface area contributed by atoms with Crippen molar-refractivity contribution in [2.24, 2.45) is 0 Å². The lowest BCUT2D eigenvalue weighted by Gasteiger charge is -2.17. The monoisotopic (exact) mass is 352 g/mol. The van der Waals surface area contributed by atoms with Crippen molar-refractivity contribution in [2.75, 3.05) is 11.9 Å². The van der Waals surface area contributed by atoms with Crippen molar-refractivity contribution in [2.45, 2.75) is 6.54 Å². The highest BCUT2D eigenvalue weighted by molar-refractivity contribution is 6.30. The summed E-state index contributed by atoms with van der Waals surface area (Å²) in [5, 5.41) is 0.643. The highest BCUT2D eigenvalue weighted by atomic mass is 35.5. The Kier molecular flexibility index (Phi) is 5.00. The number of aromatic nitrogens is 1. The smallest absolute Gasteiger partial charge is 0.263 e. The first-order valence-electron chi connectivity index (χ1n) is 7.83. The van der Waals surface area contributed by atoms with Crippen molar-refractivity contribution < 1.29 is 4.79 Å². The zero-order valence-electron chi connectivity index (χ0n) is 13.7. The van der Waals surface area contributed by atoms with Gasteiger partial charge in [-0.2, -0.15) is 0 Å². The molecule has 0 radical (unpaired) electrons. The maximum Gasteiger partial charge on any atom is 0.263 e. The molecule has 0 atom stereocenters. The average Bonchev–Trinajstić information content (AvgIpc) is 2.65. The zero-order chi connectivity index (χ0) is 17.8. The third-order valence-corrected chi connectivity index (χ3v) is 4.22. The van der Waals surface area contributed by atoms with Crippen LogP contribution in [-0.2, 0) is 6.54 Å². The van der Waals surface area contributed by atoms with E-state index in [1.165, 1.54) is 9.47 Å². The summed E-state index contributed by atoms with van der Waals surface area (Å²) >= 11 is 5.89. The molecule has 0 saturated heterocycles. The summed E-state index contributed by atoms with van der Waals surface area (Å²) in [5.41, 5.74) is 1.50. The van der Waals surface area contributed by atoms with Crippen molar-refractivity contribution in [3.8, 4) is 0 Å². The Morgan fingerprint density at radius 3 is 2.36 bits per heavy atom. The molecule has 2 aromatic carbocycles. The molecular formula is C20H17ClN2O2. The lowest BCUT2D eigenvalue weighted by atomic mass is 10.2. The zero-order valence-corrected chi connectivity index (χ0v) is 14.5. The van der Waals surface area contributed by atoms with Gasteiger partial charge in [0.15, 0.2) is 0 Å². The van der Waals surface area contributed by atoms with Crippen molar-refractivity contribution in [3.05, 3.63) is 99.4 Å². The van der Waals surface area contributed by atoms with Crippen LogP contribution in [0.25, 0.3) is 0 Å². The molecule has 3 aromatic rings. The molecule has 0 aliphatic heterocycles. The average molecular weight is 353 g/mol. The third-order valence-electron chi connectivity index (χ3n) is 3.96. The molecule has 1 aromatic heterocycles. The Morgan fingerprint density at radius 2 is 1.68 bits per heavy atom. The number of halogens is 1. The maximum absolute atomic E-state index is 12.7. The summed E-state index contributed by atoms with van der Waals surface area (Å²) in [7, 11) is 1.66. The van der Waals surface area contributed by atoms with Gasteiger partial charge in [-0.25, -0.2) is 0 Å². The molecule has 0 fully saturated rings. The SMILES string of the molecule is CN(C(=O)c1cccn(Cc2ccc(Cl)cc2)c1=O)c1ccccc1. The van der Waals surface area contributed by atoms with E-state index in [4.69, 9.17) is 11.6 Å². The molecule has 4 nitrogen and oxygen atoms in total. The minimum absolute atomic E-state index is 0.141. The van der Waals surface area contributed by atoms with Gasteiger partial charge < -0.3 is 9.47 Å². The van der Waals surface area contributed by atoms with E-state index in [-0.39, 0.29) is 17.0 Å². The first kappa shape index (κ1) is 17.0. The molecule has 25 heavy (non-hydrogen) atoms. The topological polar surface area (TPSA) is 42.3 Å². The van der Waals surface area contributed by atoms with Crippen molar-refractivity contribution in [1.82, 2.24) is 4.57 Å². The van der Waals surface area contributed by atoms with Gasteiger partial charge in [-0.05, 0) is 42.0 Å². The minimum Gasteiger partial charge on any atom is -0.311 e. The molecule has 126 valence electrons. The minimum atomic E-state index is -0.332. The van der Waals surface area contributed by atoms with Crippen molar-refractivity contribution >= 4 is 23.2 Å². The summed E-state index contributed by atoms with van der Waals surface area (Å²) in [6, 6.07) is 19.8. The van der Waals surface area contributed by atoms with E-state index in [2.05, 4.69) is 0 Å². The standard InChI is InChI=1S/C20H17ClN2O2/c1-22(17-6-3-2-4-7-17)19(24)18-8-5-13-23(20(18)25)14-15-9-11-16(21)12-10-15/h2-13H,14H2,1H3. The molecule has 0 spiro atoms. The fourth-order valence-corrected chi connectivity index (χ4v) is 2.69. The van der Waals surface area contributed by atoms with Gasteiger partial charge in [0, 0.05) is 24.0 Å². The van der Waals surface area contributed by atoms with E-state index < -0.39 is 0 Å². The van der Waals surface area contributed by atoms with Crippen LogP contribution in [0.1, 0.15) is 15.9 Å². The Balaban J connectivity index is 1.89. The van der Waals surface area contributed by atoms with E-state index >= 15 is 0 Å². The van der Waals surface area contributed by atoms with Gasteiger partial charge in [-0.15, -0.1) is 0 Å². The lowest BCUT2D eigenvalue weighted by Crippen LogP contribution is -2.34. The molecule has 0 saturated carbocycles. The summed E-state index contributed by atoms with van der Waals surface area (Å²) in [6.45, 7) is 0.381. The number of nitrogens with zero attached hydrogens (tertiary/aromatic N) is 2. The quantitative estimate of drug-likeness (QED) is 0.716. The summed E-state index contributed by atoms with van der Waals surface area (Å²) < 4.78 is 1.52.